The molecule has 2 N–H and O–H groups in total. The number of nitrogens with zero attached hydrogens (tertiary/aromatic N) is 1. The molecule has 1 atom stereocenters. The number of methoxy groups -OCH3 is 1. The number of benzene rings is 1. The van der Waals surface area contributed by atoms with Crippen molar-refractivity contribution < 1.29 is 9.84 Å². The lowest BCUT2D eigenvalue weighted by molar-refractivity contribution is 0.251. The molecule has 0 saturated heterocycles. The van der Waals surface area contributed by atoms with Crippen molar-refractivity contribution in [3.63, 3.8) is 0 Å². The number of phenols is 1. The summed E-state index contributed by atoms with van der Waals surface area (Å²) in [6.45, 7) is 6.79. The summed E-state index contributed by atoms with van der Waals surface area (Å²) in [7, 11) is 3.64. The van der Waals surface area contributed by atoms with E-state index in [0.29, 0.717) is 23.4 Å². The summed E-state index contributed by atoms with van der Waals surface area (Å²) in [5, 5.41) is 13.9. The van der Waals surface area contributed by atoms with Crippen LogP contribution < -0.4 is 10.1 Å². The third kappa shape index (κ3) is 4.85. The van der Waals surface area contributed by atoms with Gasteiger partial charge in [-0.05, 0) is 26.5 Å². The smallest absolute Gasteiger partial charge is 0.162 e. The second-order valence-electron chi connectivity index (χ2n) is 5.03. The molecule has 20 heavy (non-hydrogen) atoms. The number of hydrogen-bond donors (Lipinski definition) is 2. The van der Waals surface area contributed by atoms with E-state index in [2.05, 4.69) is 31.1 Å². The average Bonchev–Trinajstić information content (AvgIpc) is 2.45. The molecular weight excluding hydrogens is 276 g/mol. The highest BCUT2D eigenvalue weighted by Gasteiger charge is 2.10. The summed E-state index contributed by atoms with van der Waals surface area (Å²) in [5.74, 6) is 0.561. The fourth-order valence-electron chi connectivity index (χ4n) is 1.93. The molecule has 114 valence electrons. The summed E-state index contributed by atoms with van der Waals surface area (Å²) in [5.41, 5.74) is 0.751. The van der Waals surface area contributed by atoms with Crippen LogP contribution >= 0.6 is 11.6 Å². The van der Waals surface area contributed by atoms with Gasteiger partial charge in [-0.1, -0.05) is 18.5 Å². The molecule has 0 aromatic heterocycles. The Bertz CT molecular complexity index is 427. The molecule has 0 heterocycles. The van der Waals surface area contributed by atoms with Crippen molar-refractivity contribution in [3.8, 4) is 11.5 Å². The summed E-state index contributed by atoms with van der Waals surface area (Å²) >= 11 is 6.00. The Morgan fingerprint density at radius 2 is 2.15 bits per heavy atom. The van der Waals surface area contributed by atoms with Crippen molar-refractivity contribution >= 4 is 11.6 Å². The maximum atomic E-state index is 10.0. The molecular formula is C15H25ClN2O2. The number of aromatic hydroxyl groups is 1. The largest absolute Gasteiger partial charge is 0.504 e. The maximum Gasteiger partial charge on any atom is 0.162 e. The van der Waals surface area contributed by atoms with Gasteiger partial charge in [0.2, 0.25) is 0 Å². The average molecular weight is 301 g/mol. The van der Waals surface area contributed by atoms with Crippen LogP contribution in [0.15, 0.2) is 12.1 Å². The van der Waals surface area contributed by atoms with Crippen LogP contribution in [0.3, 0.4) is 0 Å². The number of halogens is 1. The Morgan fingerprint density at radius 3 is 2.75 bits per heavy atom. The molecule has 5 heteroatoms. The molecule has 1 rings (SSSR count). The van der Waals surface area contributed by atoms with Gasteiger partial charge in [-0.2, -0.15) is 0 Å². The first-order valence-corrected chi connectivity index (χ1v) is 7.33. The van der Waals surface area contributed by atoms with Crippen LogP contribution in [-0.4, -0.2) is 43.3 Å². The minimum absolute atomic E-state index is 0.152. The van der Waals surface area contributed by atoms with Crippen molar-refractivity contribution in [1.29, 1.82) is 0 Å². The van der Waals surface area contributed by atoms with Gasteiger partial charge in [-0.3, -0.25) is 0 Å². The normalized spacial score (nSPS) is 12.7. The van der Waals surface area contributed by atoms with E-state index in [-0.39, 0.29) is 5.75 Å². The summed E-state index contributed by atoms with van der Waals surface area (Å²) in [6, 6.07) is 3.94. The monoisotopic (exact) mass is 300 g/mol. The minimum Gasteiger partial charge on any atom is -0.504 e. The number of hydrogen-bond acceptors (Lipinski definition) is 4. The summed E-state index contributed by atoms with van der Waals surface area (Å²) in [4.78, 5) is 2.31. The SMILES string of the molecule is CCC(C)N(C)CCNCc1cc(Cl)cc(OC)c1O. The molecule has 0 fully saturated rings. The Balaban J connectivity index is 2.48. The highest BCUT2D eigenvalue weighted by molar-refractivity contribution is 6.30. The van der Waals surface area contributed by atoms with E-state index >= 15 is 0 Å². The number of rotatable bonds is 8. The molecule has 0 radical (unpaired) electrons. The van der Waals surface area contributed by atoms with E-state index in [1.165, 1.54) is 7.11 Å². The van der Waals surface area contributed by atoms with Gasteiger partial charge in [-0.25, -0.2) is 0 Å². The first-order chi connectivity index (χ1) is 9.49. The lowest BCUT2D eigenvalue weighted by Crippen LogP contribution is -2.34. The van der Waals surface area contributed by atoms with E-state index in [4.69, 9.17) is 16.3 Å². The minimum atomic E-state index is 0.152. The van der Waals surface area contributed by atoms with Crippen molar-refractivity contribution in [2.24, 2.45) is 0 Å². The molecule has 1 aromatic carbocycles. The summed E-state index contributed by atoms with van der Waals surface area (Å²) in [6.07, 6.45) is 1.14. The Hall–Kier alpha value is -0.970. The maximum absolute atomic E-state index is 10.0. The van der Waals surface area contributed by atoms with E-state index < -0.39 is 0 Å². The van der Waals surface area contributed by atoms with Gasteiger partial charge in [0.15, 0.2) is 11.5 Å². The molecule has 0 aliphatic heterocycles. The molecule has 4 nitrogen and oxygen atoms in total. The van der Waals surface area contributed by atoms with Crippen molar-refractivity contribution in [3.05, 3.63) is 22.7 Å². The predicted octanol–water partition coefficient (Wildman–Crippen LogP) is 2.87. The lowest BCUT2D eigenvalue weighted by Gasteiger charge is -2.23. The predicted molar refractivity (Wildman–Crippen MR) is 83.8 cm³/mol. The third-order valence-electron chi connectivity index (χ3n) is 3.64. The zero-order chi connectivity index (χ0) is 15.1. The van der Waals surface area contributed by atoms with Crippen LogP contribution in [0.2, 0.25) is 5.02 Å². The Labute approximate surface area is 126 Å². The van der Waals surface area contributed by atoms with Gasteiger partial charge >= 0.3 is 0 Å². The Kier molecular flexibility index (Phi) is 7.13. The molecule has 0 spiro atoms. The number of likely N-dealkylation sites (N-methyl/N-ethyl adjacent to an activating group) is 1. The zero-order valence-corrected chi connectivity index (χ0v) is 13.5. The highest BCUT2D eigenvalue weighted by atomic mass is 35.5. The van der Waals surface area contributed by atoms with E-state index in [9.17, 15) is 5.11 Å². The van der Waals surface area contributed by atoms with Crippen LogP contribution in [0.1, 0.15) is 25.8 Å². The van der Waals surface area contributed by atoms with Gasteiger partial charge in [0.1, 0.15) is 0 Å². The zero-order valence-electron chi connectivity index (χ0n) is 12.7. The van der Waals surface area contributed by atoms with Crippen molar-refractivity contribution in [1.82, 2.24) is 10.2 Å². The molecule has 1 aromatic rings. The van der Waals surface area contributed by atoms with Crippen LogP contribution in [0.5, 0.6) is 11.5 Å². The van der Waals surface area contributed by atoms with Crippen LogP contribution in [-0.2, 0) is 6.54 Å². The second kappa shape index (κ2) is 8.35. The molecule has 1 unspecified atom stereocenters. The summed E-state index contributed by atoms with van der Waals surface area (Å²) < 4.78 is 5.09. The fraction of sp³-hybridized carbons (Fsp3) is 0.600. The molecule has 0 saturated carbocycles. The molecule has 0 amide bonds. The molecule has 0 aliphatic rings. The standard InChI is InChI=1S/C15H25ClN2O2/c1-5-11(2)18(3)7-6-17-10-12-8-13(16)9-14(20-4)15(12)19/h8-9,11,17,19H,5-7,10H2,1-4H3. The molecule has 0 aliphatic carbocycles. The highest BCUT2D eigenvalue weighted by Crippen LogP contribution is 2.33. The first kappa shape index (κ1) is 17.1. The fourth-order valence-corrected chi connectivity index (χ4v) is 2.16. The van der Waals surface area contributed by atoms with E-state index in [1.54, 1.807) is 12.1 Å². The van der Waals surface area contributed by atoms with E-state index in [0.717, 1.165) is 25.1 Å². The van der Waals surface area contributed by atoms with Gasteiger partial charge in [-0.15, -0.1) is 0 Å². The third-order valence-corrected chi connectivity index (χ3v) is 3.86. The quantitative estimate of drug-likeness (QED) is 0.725. The van der Waals surface area contributed by atoms with Crippen molar-refractivity contribution in [2.45, 2.75) is 32.9 Å². The Morgan fingerprint density at radius 1 is 1.45 bits per heavy atom. The van der Waals surface area contributed by atoms with Gasteiger partial charge in [0, 0.05) is 42.3 Å². The van der Waals surface area contributed by atoms with Gasteiger partial charge in [0.05, 0.1) is 7.11 Å². The van der Waals surface area contributed by atoms with Crippen molar-refractivity contribution in [2.75, 3.05) is 27.2 Å². The van der Waals surface area contributed by atoms with Crippen LogP contribution in [0.4, 0.5) is 0 Å². The second-order valence-corrected chi connectivity index (χ2v) is 5.47. The van der Waals surface area contributed by atoms with Crippen LogP contribution in [0.25, 0.3) is 0 Å². The number of ether oxygens (including phenoxy) is 1. The molecule has 0 bridgehead atoms. The topological polar surface area (TPSA) is 44.7 Å². The van der Waals surface area contributed by atoms with Crippen LogP contribution in [0, 0.1) is 0 Å². The lowest BCUT2D eigenvalue weighted by atomic mass is 10.2. The number of phenolic OH excluding ortho intramolecular Hbond substituents is 1. The first-order valence-electron chi connectivity index (χ1n) is 6.95. The van der Waals surface area contributed by atoms with E-state index in [1.807, 2.05) is 0 Å². The van der Waals surface area contributed by atoms with Gasteiger partial charge < -0.3 is 20.1 Å². The van der Waals surface area contributed by atoms with Gasteiger partial charge in [0.25, 0.3) is 0 Å². The number of nitrogens with one attached hydrogen (secondary N) is 1.